The van der Waals surface area contributed by atoms with Crippen LogP contribution in [-0.4, -0.2) is 15.2 Å². The smallest absolute Gasteiger partial charge is 0.248 e. The lowest BCUT2D eigenvalue weighted by molar-refractivity contribution is 1.01. The fourth-order valence-electron chi connectivity index (χ4n) is 1.63. The third-order valence-corrected chi connectivity index (χ3v) is 2.94. The molecule has 0 aliphatic carbocycles. The van der Waals surface area contributed by atoms with Gasteiger partial charge in [0.1, 0.15) is 0 Å². The number of hydrogen-bond acceptors (Lipinski definition) is 3. The summed E-state index contributed by atoms with van der Waals surface area (Å²) in [5.41, 5.74) is 4.15. The number of hydrogen-bond donors (Lipinski definition) is 3. The fourth-order valence-corrected chi connectivity index (χ4v) is 1.63. The lowest BCUT2D eigenvalue weighted by Crippen LogP contribution is -2.09. The van der Waals surface area contributed by atoms with Crippen LogP contribution in [0.15, 0.2) is 17.1 Å². The minimum atomic E-state index is -0.0713. The third kappa shape index (κ3) is 2.38. The zero-order valence-electron chi connectivity index (χ0n) is 10.2. The van der Waals surface area contributed by atoms with E-state index in [1.165, 1.54) is 0 Å². The third-order valence-electron chi connectivity index (χ3n) is 2.94. The van der Waals surface area contributed by atoms with Crippen molar-refractivity contribution in [2.75, 3.05) is 5.32 Å². The Kier molecular flexibility index (Phi) is 2.99. The molecule has 0 aliphatic heterocycles. The molecular formula is C12H16N4O. The molecule has 0 fully saturated rings. The van der Waals surface area contributed by atoms with Gasteiger partial charge >= 0.3 is 0 Å². The highest BCUT2D eigenvalue weighted by atomic mass is 16.1. The van der Waals surface area contributed by atoms with Crippen molar-refractivity contribution in [3.63, 3.8) is 0 Å². The van der Waals surface area contributed by atoms with Crippen molar-refractivity contribution in [2.24, 2.45) is 0 Å². The molecule has 0 bridgehead atoms. The highest BCUT2D eigenvalue weighted by Gasteiger charge is 2.05. The van der Waals surface area contributed by atoms with E-state index in [2.05, 4.69) is 20.5 Å². The first kappa shape index (κ1) is 11.4. The van der Waals surface area contributed by atoms with Crippen molar-refractivity contribution < 1.29 is 0 Å². The summed E-state index contributed by atoms with van der Waals surface area (Å²) >= 11 is 0. The van der Waals surface area contributed by atoms with Crippen LogP contribution >= 0.6 is 0 Å². The second kappa shape index (κ2) is 4.45. The molecule has 0 saturated carbocycles. The van der Waals surface area contributed by atoms with Crippen LogP contribution in [0.2, 0.25) is 0 Å². The van der Waals surface area contributed by atoms with Crippen molar-refractivity contribution in [3.8, 4) is 0 Å². The van der Waals surface area contributed by atoms with Crippen molar-refractivity contribution in [1.82, 2.24) is 15.2 Å². The van der Waals surface area contributed by atoms with Gasteiger partial charge in [-0.15, -0.1) is 0 Å². The maximum atomic E-state index is 11.1. The summed E-state index contributed by atoms with van der Waals surface area (Å²) < 4.78 is 0. The van der Waals surface area contributed by atoms with Crippen LogP contribution in [0.25, 0.3) is 0 Å². The van der Waals surface area contributed by atoms with Gasteiger partial charge in [-0.1, -0.05) is 0 Å². The molecule has 0 saturated heterocycles. The van der Waals surface area contributed by atoms with Gasteiger partial charge < -0.3 is 10.3 Å². The lowest BCUT2D eigenvalue weighted by atomic mass is 10.1. The number of anilines is 1. The molecule has 5 heteroatoms. The fraction of sp³-hybridized carbons (Fsp3) is 0.333. The van der Waals surface area contributed by atoms with Crippen molar-refractivity contribution >= 4 is 5.82 Å². The summed E-state index contributed by atoms with van der Waals surface area (Å²) in [7, 11) is 0. The molecule has 0 aliphatic rings. The first-order valence-corrected chi connectivity index (χ1v) is 5.51. The largest absolute Gasteiger partial charge is 0.364 e. The van der Waals surface area contributed by atoms with E-state index in [1.54, 1.807) is 12.3 Å². The Morgan fingerprint density at radius 1 is 1.35 bits per heavy atom. The Morgan fingerprint density at radius 2 is 2.12 bits per heavy atom. The Bertz CT molecular complexity index is 582. The normalized spacial score (nSPS) is 10.5. The number of nitrogens with one attached hydrogen (secondary N) is 3. The van der Waals surface area contributed by atoms with Crippen molar-refractivity contribution in [3.05, 3.63) is 45.0 Å². The average molecular weight is 232 g/mol. The molecule has 2 aromatic rings. The van der Waals surface area contributed by atoms with E-state index in [4.69, 9.17) is 0 Å². The molecule has 90 valence electrons. The van der Waals surface area contributed by atoms with Crippen LogP contribution in [0.1, 0.15) is 22.4 Å². The van der Waals surface area contributed by atoms with Gasteiger partial charge in [0.2, 0.25) is 5.56 Å². The summed E-state index contributed by atoms with van der Waals surface area (Å²) in [5, 5.41) is 10.3. The molecule has 0 unspecified atom stereocenters. The van der Waals surface area contributed by atoms with Crippen LogP contribution in [0.3, 0.4) is 0 Å². The van der Waals surface area contributed by atoms with Crippen LogP contribution in [0.5, 0.6) is 0 Å². The second-order valence-electron chi connectivity index (χ2n) is 4.18. The van der Waals surface area contributed by atoms with E-state index in [1.807, 2.05) is 20.8 Å². The molecule has 17 heavy (non-hydrogen) atoms. The molecule has 2 heterocycles. The maximum Gasteiger partial charge on any atom is 0.248 e. The minimum absolute atomic E-state index is 0.0713. The van der Waals surface area contributed by atoms with Gasteiger partial charge in [-0.05, 0) is 31.9 Å². The number of rotatable bonds is 3. The van der Waals surface area contributed by atoms with Gasteiger partial charge in [-0.3, -0.25) is 9.89 Å². The molecule has 0 amide bonds. The van der Waals surface area contributed by atoms with Crippen molar-refractivity contribution in [2.45, 2.75) is 27.3 Å². The van der Waals surface area contributed by atoms with Crippen molar-refractivity contribution in [1.29, 1.82) is 0 Å². The van der Waals surface area contributed by atoms with E-state index >= 15 is 0 Å². The first-order chi connectivity index (χ1) is 8.08. The maximum absolute atomic E-state index is 11.1. The summed E-state index contributed by atoms with van der Waals surface area (Å²) in [5.74, 6) is 0.855. The predicted molar refractivity (Wildman–Crippen MR) is 67.2 cm³/mol. The van der Waals surface area contributed by atoms with Crippen LogP contribution in [0.4, 0.5) is 5.82 Å². The zero-order chi connectivity index (χ0) is 12.4. The summed E-state index contributed by atoms with van der Waals surface area (Å²) in [4.78, 5) is 13.8. The SMILES string of the molecule is Cc1cc(=O)[nH]cc1CNc1n[nH]c(C)c1C. The molecule has 0 spiro atoms. The van der Waals surface area contributed by atoms with Gasteiger partial charge in [-0.25, -0.2) is 0 Å². The molecule has 3 N–H and O–H groups in total. The number of pyridine rings is 1. The standard InChI is InChI=1S/C12H16N4O/c1-7-4-11(17)13-5-10(7)6-14-12-8(2)9(3)15-16-12/h4-5H,6H2,1-3H3,(H,13,17)(H2,14,15,16). The highest BCUT2D eigenvalue weighted by molar-refractivity contribution is 5.45. The molecule has 0 aromatic carbocycles. The predicted octanol–water partition coefficient (Wildman–Crippen LogP) is 1.64. The Hall–Kier alpha value is -2.04. The van der Waals surface area contributed by atoms with Gasteiger partial charge in [0.25, 0.3) is 0 Å². The zero-order valence-corrected chi connectivity index (χ0v) is 10.2. The van der Waals surface area contributed by atoms with Crippen LogP contribution in [0, 0.1) is 20.8 Å². The Labute approximate surface area is 99.3 Å². The monoisotopic (exact) mass is 232 g/mol. The molecular weight excluding hydrogens is 216 g/mol. The Morgan fingerprint density at radius 3 is 2.71 bits per heavy atom. The number of H-pyrrole nitrogens is 2. The molecule has 2 rings (SSSR count). The first-order valence-electron chi connectivity index (χ1n) is 5.51. The van der Waals surface area contributed by atoms with E-state index in [0.29, 0.717) is 6.54 Å². The number of aromatic amines is 2. The molecule has 0 atom stereocenters. The molecule has 0 radical (unpaired) electrons. The van der Waals surface area contributed by atoms with Gasteiger partial charge in [0, 0.05) is 30.1 Å². The number of aryl methyl sites for hydroxylation is 2. The summed E-state index contributed by atoms with van der Waals surface area (Å²) in [6.45, 7) is 6.57. The molecule has 5 nitrogen and oxygen atoms in total. The summed E-state index contributed by atoms with van der Waals surface area (Å²) in [6.07, 6.45) is 1.74. The summed E-state index contributed by atoms with van der Waals surface area (Å²) in [6, 6.07) is 1.60. The number of aromatic nitrogens is 3. The second-order valence-corrected chi connectivity index (χ2v) is 4.18. The van der Waals surface area contributed by atoms with E-state index in [9.17, 15) is 4.79 Å². The van der Waals surface area contributed by atoms with Crippen LogP contribution < -0.4 is 10.9 Å². The highest BCUT2D eigenvalue weighted by Crippen LogP contribution is 2.15. The van der Waals surface area contributed by atoms with E-state index in [0.717, 1.165) is 28.2 Å². The van der Waals surface area contributed by atoms with Gasteiger partial charge in [0.05, 0.1) is 0 Å². The quantitative estimate of drug-likeness (QED) is 0.753. The number of nitrogens with zero attached hydrogens (tertiary/aromatic N) is 1. The van der Waals surface area contributed by atoms with Gasteiger partial charge in [-0.2, -0.15) is 5.10 Å². The Balaban J connectivity index is 2.12. The van der Waals surface area contributed by atoms with E-state index in [-0.39, 0.29) is 5.56 Å². The average Bonchev–Trinajstić information content (AvgIpc) is 2.59. The topological polar surface area (TPSA) is 73.6 Å². The van der Waals surface area contributed by atoms with E-state index < -0.39 is 0 Å². The lowest BCUT2D eigenvalue weighted by Gasteiger charge is -2.06. The van der Waals surface area contributed by atoms with Gasteiger partial charge in [0.15, 0.2) is 5.82 Å². The molecule has 2 aromatic heterocycles. The minimum Gasteiger partial charge on any atom is -0.364 e. The van der Waals surface area contributed by atoms with Crippen LogP contribution in [-0.2, 0) is 6.54 Å².